The van der Waals surface area contributed by atoms with Crippen LogP contribution in [0.25, 0.3) is 0 Å². The van der Waals surface area contributed by atoms with Crippen LogP contribution in [-0.2, 0) is 0 Å². The van der Waals surface area contributed by atoms with E-state index in [1.807, 2.05) is 6.07 Å². The van der Waals surface area contributed by atoms with Crippen LogP contribution in [0.5, 0.6) is 0 Å². The molecule has 1 aromatic rings. The van der Waals surface area contributed by atoms with Crippen LogP contribution < -0.4 is 0 Å². The lowest BCUT2D eigenvalue weighted by Gasteiger charge is -2.08. The first-order chi connectivity index (χ1) is 10.4. The molecule has 0 bridgehead atoms. The lowest BCUT2D eigenvalue weighted by atomic mass is 10.1. The summed E-state index contributed by atoms with van der Waals surface area (Å²) < 4.78 is 0. The fourth-order valence-corrected chi connectivity index (χ4v) is 2.54. The molecule has 21 heavy (non-hydrogen) atoms. The van der Waals surface area contributed by atoms with Gasteiger partial charge in [-0.3, -0.25) is 0 Å². The van der Waals surface area contributed by atoms with Gasteiger partial charge >= 0.3 is 0 Å². The molecule has 0 aromatic heterocycles. The molecule has 0 unspecified atom stereocenters. The summed E-state index contributed by atoms with van der Waals surface area (Å²) in [6.07, 6.45) is 12.8. The van der Waals surface area contributed by atoms with Gasteiger partial charge in [-0.05, 0) is 24.8 Å². The van der Waals surface area contributed by atoms with Crippen molar-refractivity contribution >= 4 is 11.5 Å². The lowest BCUT2D eigenvalue weighted by molar-refractivity contribution is 1.02. The predicted molar refractivity (Wildman–Crippen MR) is 89.9 cm³/mol. The molecule has 106 valence electrons. The summed E-state index contributed by atoms with van der Waals surface area (Å²) in [5.41, 5.74) is 4.55. The smallest absolute Gasteiger partial charge is 0.159 e. The van der Waals surface area contributed by atoms with Gasteiger partial charge in [-0.1, -0.05) is 61.6 Å². The molecule has 1 aliphatic heterocycles. The molecule has 0 radical (unpaired) electrons. The topological polar surface area (TPSA) is 24.7 Å². The van der Waals surface area contributed by atoms with Crippen molar-refractivity contribution in [2.45, 2.75) is 32.6 Å². The van der Waals surface area contributed by atoms with Crippen molar-refractivity contribution in [2.75, 3.05) is 0 Å². The minimum absolute atomic E-state index is 0.844. The van der Waals surface area contributed by atoms with Gasteiger partial charge in [0.2, 0.25) is 0 Å². The van der Waals surface area contributed by atoms with E-state index in [4.69, 9.17) is 9.98 Å². The molecule has 0 amide bonds. The maximum Gasteiger partial charge on any atom is 0.159 e. The number of amidine groups is 1. The summed E-state index contributed by atoms with van der Waals surface area (Å²) in [4.78, 5) is 9.63. The van der Waals surface area contributed by atoms with Crippen LogP contribution in [0.15, 0.2) is 75.9 Å². The molecule has 3 rings (SSSR count). The van der Waals surface area contributed by atoms with Crippen molar-refractivity contribution in [1.82, 2.24) is 0 Å². The van der Waals surface area contributed by atoms with E-state index < -0.39 is 0 Å². The number of rotatable bonds is 3. The SMILES string of the molecule is CCC1=CCC(c2ccccc2)=NC(C2=CCCC=C2)=N1. The second kappa shape index (κ2) is 6.49. The first kappa shape index (κ1) is 13.7. The van der Waals surface area contributed by atoms with Gasteiger partial charge < -0.3 is 0 Å². The number of aliphatic imine (C=N–C) groups is 2. The molecule has 2 aliphatic rings. The quantitative estimate of drug-likeness (QED) is 0.754. The molecule has 0 fully saturated rings. The average molecular weight is 276 g/mol. The molecule has 0 saturated carbocycles. The minimum Gasteiger partial charge on any atom is -0.233 e. The van der Waals surface area contributed by atoms with Gasteiger partial charge in [-0.25, -0.2) is 9.98 Å². The Labute approximate surface area is 126 Å². The van der Waals surface area contributed by atoms with Crippen molar-refractivity contribution in [3.63, 3.8) is 0 Å². The first-order valence-electron chi connectivity index (χ1n) is 7.64. The standard InChI is InChI=1S/C19H20N2/c1-2-17-13-14-18(15-9-5-3-6-10-15)21-19(20-17)16-11-7-4-8-12-16/h3,5-7,9-13H,2,4,8,14H2,1H3. The largest absolute Gasteiger partial charge is 0.233 e. The zero-order valence-corrected chi connectivity index (χ0v) is 12.4. The number of nitrogens with zero attached hydrogens (tertiary/aromatic N) is 2. The van der Waals surface area contributed by atoms with Gasteiger partial charge in [0.25, 0.3) is 0 Å². The molecule has 1 heterocycles. The molecule has 1 aliphatic carbocycles. The van der Waals surface area contributed by atoms with Crippen LogP contribution in [0.4, 0.5) is 0 Å². The summed E-state index contributed by atoms with van der Waals surface area (Å²) in [7, 11) is 0. The second-order valence-corrected chi connectivity index (χ2v) is 5.25. The molecule has 0 atom stereocenters. The number of allylic oxidation sites excluding steroid dienone is 4. The summed E-state index contributed by atoms with van der Waals surface area (Å²) in [5, 5.41) is 0. The van der Waals surface area contributed by atoms with E-state index in [1.165, 1.54) is 5.56 Å². The molecule has 0 saturated heterocycles. The Hall–Kier alpha value is -2.22. The monoisotopic (exact) mass is 276 g/mol. The minimum atomic E-state index is 0.844. The highest BCUT2D eigenvalue weighted by molar-refractivity contribution is 6.14. The van der Waals surface area contributed by atoms with Gasteiger partial charge in [0.1, 0.15) is 0 Å². The van der Waals surface area contributed by atoms with E-state index in [9.17, 15) is 0 Å². The number of hydrogen-bond acceptors (Lipinski definition) is 2. The van der Waals surface area contributed by atoms with Gasteiger partial charge in [0, 0.05) is 17.7 Å². The van der Waals surface area contributed by atoms with Crippen molar-refractivity contribution in [3.05, 3.63) is 71.5 Å². The summed E-state index contributed by atoms with van der Waals surface area (Å²) >= 11 is 0. The molecular formula is C19H20N2. The highest BCUT2D eigenvalue weighted by atomic mass is 14.9. The predicted octanol–water partition coefficient (Wildman–Crippen LogP) is 4.85. The van der Waals surface area contributed by atoms with Gasteiger partial charge in [0.05, 0.1) is 5.71 Å². The van der Waals surface area contributed by atoms with Crippen molar-refractivity contribution in [2.24, 2.45) is 9.98 Å². The second-order valence-electron chi connectivity index (χ2n) is 5.25. The van der Waals surface area contributed by atoms with E-state index in [-0.39, 0.29) is 0 Å². The Morgan fingerprint density at radius 1 is 1.00 bits per heavy atom. The van der Waals surface area contributed by atoms with E-state index in [1.54, 1.807) is 0 Å². The fourth-order valence-electron chi connectivity index (χ4n) is 2.54. The van der Waals surface area contributed by atoms with Crippen molar-refractivity contribution < 1.29 is 0 Å². The first-order valence-corrected chi connectivity index (χ1v) is 7.64. The van der Waals surface area contributed by atoms with Crippen LogP contribution in [0.1, 0.15) is 38.2 Å². The third kappa shape index (κ3) is 3.27. The Kier molecular flexibility index (Phi) is 4.25. The van der Waals surface area contributed by atoms with Crippen LogP contribution in [0, 0.1) is 0 Å². The fraction of sp³-hybridized carbons (Fsp3) is 0.263. The molecular weight excluding hydrogens is 256 g/mol. The molecule has 2 heteroatoms. The summed E-state index contributed by atoms with van der Waals surface area (Å²) in [6.45, 7) is 2.14. The Morgan fingerprint density at radius 3 is 2.57 bits per heavy atom. The van der Waals surface area contributed by atoms with Gasteiger partial charge in [-0.15, -0.1) is 0 Å². The number of hydrogen-bond donors (Lipinski definition) is 0. The highest BCUT2D eigenvalue weighted by Crippen LogP contribution is 2.20. The third-order valence-electron chi connectivity index (χ3n) is 3.74. The summed E-state index contributed by atoms with van der Waals surface area (Å²) in [5.74, 6) is 0.857. The Morgan fingerprint density at radius 2 is 1.86 bits per heavy atom. The van der Waals surface area contributed by atoms with Crippen LogP contribution >= 0.6 is 0 Å². The third-order valence-corrected chi connectivity index (χ3v) is 3.74. The van der Waals surface area contributed by atoms with Crippen LogP contribution in [0.3, 0.4) is 0 Å². The average Bonchev–Trinajstić information content (AvgIpc) is 2.79. The van der Waals surface area contributed by atoms with E-state index in [2.05, 4.69) is 55.5 Å². The van der Waals surface area contributed by atoms with Crippen molar-refractivity contribution in [3.8, 4) is 0 Å². The number of benzene rings is 1. The van der Waals surface area contributed by atoms with E-state index >= 15 is 0 Å². The summed E-state index contributed by atoms with van der Waals surface area (Å²) in [6, 6.07) is 10.4. The Balaban J connectivity index is 2.01. The normalized spacial score (nSPS) is 18.3. The maximum absolute atomic E-state index is 4.86. The maximum atomic E-state index is 4.86. The van der Waals surface area contributed by atoms with E-state index in [0.717, 1.165) is 48.5 Å². The van der Waals surface area contributed by atoms with Crippen LogP contribution in [-0.4, -0.2) is 11.5 Å². The zero-order valence-electron chi connectivity index (χ0n) is 12.4. The van der Waals surface area contributed by atoms with Gasteiger partial charge in [0.15, 0.2) is 5.84 Å². The molecule has 0 N–H and O–H groups in total. The van der Waals surface area contributed by atoms with Gasteiger partial charge in [-0.2, -0.15) is 0 Å². The Bertz CT molecular complexity index is 658. The molecule has 2 nitrogen and oxygen atoms in total. The van der Waals surface area contributed by atoms with Crippen LogP contribution in [0.2, 0.25) is 0 Å². The highest BCUT2D eigenvalue weighted by Gasteiger charge is 2.12. The lowest BCUT2D eigenvalue weighted by Crippen LogP contribution is -2.06. The van der Waals surface area contributed by atoms with E-state index in [0.29, 0.717) is 0 Å². The zero-order chi connectivity index (χ0) is 14.5. The van der Waals surface area contributed by atoms with Crippen molar-refractivity contribution in [1.29, 1.82) is 0 Å². The molecule has 0 spiro atoms. The molecule has 1 aromatic carbocycles.